The maximum Gasteiger partial charge on any atom is 0.359 e. The van der Waals surface area contributed by atoms with Crippen LogP contribution in [-0.2, 0) is 4.74 Å². The third kappa shape index (κ3) is 9.82. The molecule has 0 amide bonds. The molecule has 0 aliphatic heterocycles. The molecule has 0 radical (unpaired) electrons. The molecule has 0 aliphatic carbocycles. The largest absolute Gasteiger partial charge is 0.476 e. The lowest BCUT2D eigenvalue weighted by atomic mass is 10.0. The molecule has 2 aromatic heterocycles. The van der Waals surface area contributed by atoms with E-state index in [1.165, 1.54) is 88.8 Å². The first-order valence-electron chi connectivity index (χ1n) is 14.9. The van der Waals surface area contributed by atoms with Crippen molar-refractivity contribution in [3.05, 3.63) is 36.0 Å². The molecule has 0 unspecified atom stereocenters. The lowest BCUT2D eigenvalue weighted by Gasteiger charge is -2.09. The topological polar surface area (TPSA) is 79.1 Å². The van der Waals surface area contributed by atoms with Gasteiger partial charge in [0.1, 0.15) is 5.52 Å². The number of benzene rings is 1. The third-order valence-electron chi connectivity index (χ3n) is 6.85. The van der Waals surface area contributed by atoms with Crippen molar-refractivity contribution < 1.29 is 14.3 Å². The van der Waals surface area contributed by atoms with Crippen molar-refractivity contribution in [3.63, 3.8) is 0 Å². The van der Waals surface area contributed by atoms with Crippen LogP contribution in [0.1, 0.15) is 114 Å². The van der Waals surface area contributed by atoms with E-state index in [1.807, 2.05) is 36.6 Å². The Morgan fingerprint density at radius 2 is 1.38 bits per heavy atom. The lowest BCUT2D eigenvalue weighted by Crippen LogP contribution is -2.09. The van der Waals surface area contributed by atoms with Gasteiger partial charge in [0.2, 0.25) is 5.88 Å². The Balaban J connectivity index is 1.52. The molecule has 3 rings (SSSR count). The number of nitrogens with zero attached hydrogens (tertiary/aromatic N) is 4. The van der Waals surface area contributed by atoms with Crippen molar-refractivity contribution in [2.75, 3.05) is 19.5 Å². The molecule has 39 heavy (non-hydrogen) atoms. The van der Waals surface area contributed by atoms with Gasteiger partial charge in [0, 0.05) is 0 Å². The van der Waals surface area contributed by atoms with Crippen LogP contribution in [0.4, 0.5) is 0 Å². The Morgan fingerprint density at radius 1 is 0.795 bits per heavy atom. The van der Waals surface area contributed by atoms with Gasteiger partial charge in [-0.3, -0.25) is 0 Å². The zero-order valence-electron chi connectivity index (χ0n) is 24.1. The maximum atomic E-state index is 12.7. The highest BCUT2D eigenvalue weighted by Gasteiger charge is 2.25. The Bertz CT molecular complexity index is 1120. The lowest BCUT2D eigenvalue weighted by molar-refractivity contribution is 0.0520. The minimum atomic E-state index is -0.503. The fourth-order valence-electron chi connectivity index (χ4n) is 4.70. The van der Waals surface area contributed by atoms with Gasteiger partial charge in [-0.25, -0.2) is 14.8 Å². The predicted molar refractivity (Wildman–Crippen MR) is 160 cm³/mol. The van der Waals surface area contributed by atoms with E-state index in [4.69, 9.17) is 14.6 Å². The average Bonchev–Trinajstić information content (AvgIpc) is 3.33. The molecule has 0 bridgehead atoms. The van der Waals surface area contributed by atoms with Crippen molar-refractivity contribution in [2.45, 2.75) is 109 Å². The zero-order chi connectivity index (χ0) is 27.7. The van der Waals surface area contributed by atoms with Gasteiger partial charge in [-0.2, -0.15) is 9.78 Å². The number of fused-ring (bicyclic) bond motifs is 1. The van der Waals surface area contributed by atoms with Crippen LogP contribution in [0.15, 0.2) is 35.5 Å². The molecule has 0 fully saturated rings. The summed E-state index contributed by atoms with van der Waals surface area (Å²) >= 11 is 1.37. The number of ether oxygens (including phenoxy) is 2. The molecule has 1 aromatic carbocycles. The van der Waals surface area contributed by atoms with E-state index < -0.39 is 5.97 Å². The number of hydrogen-bond donors (Lipinski definition) is 0. The average molecular weight is 555 g/mol. The van der Waals surface area contributed by atoms with Gasteiger partial charge in [0.25, 0.3) is 0 Å². The number of esters is 1. The molecule has 0 saturated carbocycles. The van der Waals surface area contributed by atoms with Crippen LogP contribution < -0.4 is 4.74 Å². The summed E-state index contributed by atoms with van der Waals surface area (Å²) in [5.41, 5.74) is 1.94. The second-order valence-electron chi connectivity index (χ2n) is 9.97. The zero-order valence-corrected chi connectivity index (χ0v) is 24.9. The van der Waals surface area contributed by atoms with E-state index in [9.17, 15) is 4.79 Å². The first-order valence-corrected chi connectivity index (χ1v) is 16.1. The predicted octanol–water partition coefficient (Wildman–Crippen LogP) is 8.57. The number of thioether (sulfide) groups is 1. The summed E-state index contributed by atoms with van der Waals surface area (Å²) in [5, 5.41) is 5.19. The standard InChI is InChI=1S/C31H46N4O3S/c1-4-6-7-8-9-10-11-12-13-14-15-16-17-21-24-38-29-27-26(34-35(29)25-22-19-18-20-23-25)28(30(36)37-5-2)33-31(32-27)39-3/h18-20,22-23H,4-17,21,24H2,1-3H3. The van der Waals surface area contributed by atoms with Gasteiger partial charge in [-0.1, -0.05) is 120 Å². The summed E-state index contributed by atoms with van der Waals surface area (Å²) in [5.74, 6) is 0.0329. The fraction of sp³-hybridized carbons (Fsp3) is 0.613. The Hall–Kier alpha value is -2.61. The molecular formula is C31H46N4O3S. The molecule has 8 heteroatoms. The van der Waals surface area contributed by atoms with Crippen molar-refractivity contribution >= 4 is 28.8 Å². The number of para-hydroxylation sites is 1. The summed E-state index contributed by atoms with van der Waals surface area (Å²) < 4.78 is 13.3. The second kappa shape index (κ2) is 17.9. The molecular weight excluding hydrogens is 508 g/mol. The smallest absolute Gasteiger partial charge is 0.359 e. The molecule has 214 valence electrons. The third-order valence-corrected chi connectivity index (χ3v) is 7.39. The van der Waals surface area contributed by atoms with Crippen molar-refractivity contribution in [1.82, 2.24) is 19.7 Å². The summed E-state index contributed by atoms with van der Waals surface area (Å²) in [7, 11) is 0. The van der Waals surface area contributed by atoms with Crippen LogP contribution in [0.5, 0.6) is 5.88 Å². The highest BCUT2D eigenvalue weighted by Crippen LogP contribution is 2.31. The van der Waals surface area contributed by atoms with Crippen LogP contribution >= 0.6 is 11.8 Å². The van der Waals surface area contributed by atoms with Crippen LogP contribution in [0, 0.1) is 0 Å². The normalized spacial score (nSPS) is 11.3. The monoisotopic (exact) mass is 554 g/mol. The number of hydrogen-bond acceptors (Lipinski definition) is 7. The van der Waals surface area contributed by atoms with Crippen LogP contribution in [0.3, 0.4) is 0 Å². The van der Waals surface area contributed by atoms with E-state index in [2.05, 4.69) is 16.9 Å². The van der Waals surface area contributed by atoms with E-state index in [0.29, 0.717) is 28.7 Å². The Morgan fingerprint density at radius 3 is 1.95 bits per heavy atom. The van der Waals surface area contributed by atoms with Gasteiger partial charge < -0.3 is 9.47 Å². The van der Waals surface area contributed by atoms with Crippen LogP contribution in [-0.4, -0.2) is 45.2 Å². The van der Waals surface area contributed by atoms with Gasteiger partial charge in [-0.15, -0.1) is 0 Å². The highest BCUT2D eigenvalue weighted by atomic mass is 32.2. The minimum absolute atomic E-state index is 0.169. The first kappa shape index (κ1) is 30.9. The summed E-state index contributed by atoms with van der Waals surface area (Å²) in [6.07, 6.45) is 20.3. The number of carbonyl (C=O) groups is 1. The van der Waals surface area contributed by atoms with Crippen molar-refractivity contribution in [1.29, 1.82) is 0 Å². The number of unbranched alkanes of at least 4 members (excludes halogenated alkanes) is 13. The molecule has 0 N–H and O–H groups in total. The highest BCUT2D eigenvalue weighted by molar-refractivity contribution is 7.98. The SMILES string of the molecule is CCCCCCCCCCCCCCCCOc1c2nc(SC)nc(C(=O)OCC)c2nn1-c1ccccc1. The van der Waals surface area contributed by atoms with Crippen molar-refractivity contribution in [2.24, 2.45) is 0 Å². The Labute approximate surface area is 238 Å². The van der Waals surface area contributed by atoms with Crippen molar-refractivity contribution in [3.8, 4) is 11.6 Å². The number of carbonyl (C=O) groups excluding carboxylic acids is 1. The van der Waals surface area contributed by atoms with Gasteiger partial charge in [-0.05, 0) is 31.7 Å². The molecule has 7 nitrogen and oxygen atoms in total. The molecule has 0 aliphatic rings. The number of rotatable bonds is 20. The Kier molecular flexibility index (Phi) is 14.2. The van der Waals surface area contributed by atoms with Gasteiger partial charge in [0.05, 0.1) is 18.9 Å². The molecule has 0 spiro atoms. The quantitative estimate of drug-likeness (QED) is 0.0599. The number of aromatic nitrogens is 4. The first-order chi connectivity index (χ1) is 19.2. The van der Waals surface area contributed by atoms with E-state index >= 15 is 0 Å². The van der Waals surface area contributed by atoms with E-state index in [-0.39, 0.29) is 12.3 Å². The minimum Gasteiger partial charge on any atom is -0.476 e. The van der Waals surface area contributed by atoms with E-state index in [0.717, 1.165) is 18.5 Å². The van der Waals surface area contributed by atoms with E-state index in [1.54, 1.807) is 11.6 Å². The van der Waals surface area contributed by atoms with Crippen LogP contribution in [0.25, 0.3) is 16.7 Å². The fourth-order valence-corrected chi connectivity index (χ4v) is 5.06. The molecule has 0 saturated heterocycles. The summed E-state index contributed by atoms with van der Waals surface area (Å²) in [4.78, 5) is 21.8. The maximum absolute atomic E-state index is 12.7. The molecule has 0 atom stereocenters. The molecule has 2 heterocycles. The summed E-state index contributed by atoms with van der Waals surface area (Å²) in [6.45, 7) is 4.88. The van der Waals surface area contributed by atoms with Gasteiger partial charge >= 0.3 is 5.97 Å². The van der Waals surface area contributed by atoms with Gasteiger partial charge in [0.15, 0.2) is 16.4 Å². The molecule has 3 aromatic rings. The van der Waals surface area contributed by atoms with Crippen LogP contribution in [0.2, 0.25) is 0 Å². The second-order valence-corrected chi connectivity index (χ2v) is 10.7. The summed E-state index contributed by atoms with van der Waals surface area (Å²) in [6, 6.07) is 9.77.